The molecule has 0 aliphatic carbocycles. The molecule has 0 aromatic rings. The third kappa shape index (κ3) is 13.9. The molecule has 86 valence electrons. The summed E-state index contributed by atoms with van der Waals surface area (Å²) >= 11 is 0. The van der Waals surface area contributed by atoms with Crippen LogP contribution in [0.15, 0.2) is 0 Å². The zero-order valence-corrected chi connectivity index (χ0v) is 9.62. The molecule has 0 aliphatic rings. The predicted octanol–water partition coefficient (Wildman–Crippen LogP) is 1.16. The van der Waals surface area contributed by atoms with E-state index in [0.717, 1.165) is 0 Å². The van der Waals surface area contributed by atoms with Gasteiger partial charge in [0.15, 0.2) is 0 Å². The molecule has 0 atom stereocenters. The van der Waals surface area contributed by atoms with Gasteiger partial charge in [-0.1, -0.05) is 20.8 Å². The minimum absolute atomic E-state index is 0.191. The number of hydrogen-bond donors (Lipinski definition) is 2. The first kappa shape index (κ1) is 15.8. The Hall–Kier alpha value is -0.610. The first-order valence-electron chi connectivity index (χ1n) is 5.26. The lowest BCUT2D eigenvalue weighted by Crippen LogP contribution is -2.21. The summed E-state index contributed by atoms with van der Waals surface area (Å²) in [6.45, 7) is 10.6. The number of carboxylic acid groups (broad SMARTS) is 1. The molecule has 0 radical (unpaired) electrons. The Morgan fingerprint density at radius 2 is 1.64 bits per heavy atom. The molecule has 0 spiro atoms. The van der Waals surface area contributed by atoms with Gasteiger partial charge >= 0.3 is 5.97 Å². The smallest absolute Gasteiger partial charge is 0.303 e. The van der Waals surface area contributed by atoms with Crippen molar-refractivity contribution >= 4 is 5.97 Å². The number of nitrogens with two attached hydrogens (primary N) is 1. The van der Waals surface area contributed by atoms with Crippen LogP contribution in [-0.4, -0.2) is 42.2 Å². The van der Waals surface area contributed by atoms with E-state index in [2.05, 4.69) is 25.7 Å². The van der Waals surface area contributed by atoms with E-state index in [-0.39, 0.29) is 6.42 Å². The molecule has 0 amide bonds. The fraction of sp³-hybridized carbons (Fsp3) is 0.900. The summed E-state index contributed by atoms with van der Waals surface area (Å²) in [5, 5.41) is 7.99. The van der Waals surface area contributed by atoms with Gasteiger partial charge in [-0.05, 0) is 32.6 Å². The number of nitrogens with zero attached hydrogens (tertiary/aromatic N) is 1. The number of carboxylic acids is 1. The number of hydrogen-bond acceptors (Lipinski definition) is 3. The topological polar surface area (TPSA) is 66.6 Å². The highest BCUT2D eigenvalue weighted by atomic mass is 16.4. The van der Waals surface area contributed by atoms with Gasteiger partial charge in [0, 0.05) is 6.42 Å². The summed E-state index contributed by atoms with van der Waals surface area (Å²) in [6, 6.07) is 0. The van der Waals surface area contributed by atoms with E-state index < -0.39 is 5.97 Å². The zero-order valence-electron chi connectivity index (χ0n) is 9.62. The van der Waals surface area contributed by atoms with Crippen LogP contribution in [0.5, 0.6) is 0 Å². The van der Waals surface area contributed by atoms with Crippen molar-refractivity contribution in [2.45, 2.75) is 33.6 Å². The quantitative estimate of drug-likeness (QED) is 0.681. The Morgan fingerprint density at radius 1 is 1.21 bits per heavy atom. The summed E-state index contributed by atoms with van der Waals surface area (Å²) < 4.78 is 0. The largest absolute Gasteiger partial charge is 0.481 e. The molecule has 0 bridgehead atoms. The van der Waals surface area contributed by atoms with Crippen LogP contribution in [-0.2, 0) is 4.79 Å². The van der Waals surface area contributed by atoms with Crippen molar-refractivity contribution in [3.8, 4) is 0 Å². The Labute approximate surface area is 87.1 Å². The Bertz CT molecular complexity index is 120. The summed E-state index contributed by atoms with van der Waals surface area (Å²) in [4.78, 5) is 12.1. The van der Waals surface area contributed by atoms with Gasteiger partial charge in [-0.3, -0.25) is 4.79 Å². The highest BCUT2D eigenvalue weighted by molar-refractivity contribution is 5.66. The van der Waals surface area contributed by atoms with Gasteiger partial charge in [0.25, 0.3) is 0 Å². The molecular formula is C10H24N2O2. The predicted molar refractivity (Wildman–Crippen MR) is 59.4 cm³/mol. The molecule has 0 aromatic carbocycles. The van der Waals surface area contributed by atoms with E-state index in [1.165, 1.54) is 19.6 Å². The van der Waals surface area contributed by atoms with Crippen molar-refractivity contribution < 1.29 is 9.90 Å². The Morgan fingerprint density at radius 3 is 1.71 bits per heavy atom. The molecular weight excluding hydrogens is 180 g/mol. The molecule has 14 heavy (non-hydrogen) atoms. The minimum Gasteiger partial charge on any atom is -0.481 e. The lowest BCUT2D eigenvalue weighted by molar-refractivity contribution is -0.137. The van der Waals surface area contributed by atoms with Crippen LogP contribution in [0.4, 0.5) is 0 Å². The van der Waals surface area contributed by atoms with Gasteiger partial charge in [-0.15, -0.1) is 0 Å². The average molecular weight is 204 g/mol. The van der Waals surface area contributed by atoms with Crippen molar-refractivity contribution in [2.75, 3.05) is 26.2 Å². The van der Waals surface area contributed by atoms with Gasteiger partial charge in [-0.2, -0.15) is 0 Å². The normalized spacial score (nSPS) is 9.50. The van der Waals surface area contributed by atoms with Crippen LogP contribution < -0.4 is 5.73 Å². The summed E-state index contributed by atoms with van der Waals surface area (Å²) in [5.74, 6) is -0.773. The molecule has 0 heterocycles. The second-order valence-electron chi connectivity index (χ2n) is 2.91. The third-order valence-corrected chi connectivity index (χ3v) is 1.94. The highest BCUT2D eigenvalue weighted by Crippen LogP contribution is 1.82. The third-order valence-electron chi connectivity index (χ3n) is 1.94. The van der Waals surface area contributed by atoms with E-state index in [9.17, 15) is 4.79 Å². The minimum atomic E-state index is -0.773. The van der Waals surface area contributed by atoms with E-state index in [0.29, 0.717) is 13.0 Å². The van der Waals surface area contributed by atoms with E-state index in [1.54, 1.807) is 0 Å². The van der Waals surface area contributed by atoms with Crippen molar-refractivity contribution in [3.05, 3.63) is 0 Å². The molecule has 0 saturated heterocycles. The lowest BCUT2D eigenvalue weighted by Gasteiger charge is -2.13. The van der Waals surface area contributed by atoms with Crippen molar-refractivity contribution in [3.63, 3.8) is 0 Å². The molecule has 4 nitrogen and oxygen atoms in total. The molecule has 4 heteroatoms. The van der Waals surface area contributed by atoms with Gasteiger partial charge in [0.05, 0.1) is 0 Å². The number of carbonyl (C=O) groups is 1. The zero-order chi connectivity index (χ0) is 11.4. The van der Waals surface area contributed by atoms with Crippen molar-refractivity contribution in [2.24, 2.45) is 5.73 Å². The summed E-state index contributed by atoms with van der Waals surface area (Å²) in [5.41, 5.74) is 5.01. The van der Waals surface area contributed by atoms with E-state index in [1.807, 2.05) is 0 Å². The van der Waals surface area contributed by atoms with Gasteiger partial charge in [0.2, 0.25) is 0 Å². The fourth-order valence-corrected chi connectivity index (χ4v) is 0.924. The molecule has 0 aromatic heterocycles. The molecule has 0 rings (SSSR count). The average Bonchev–Trinajstić information content (AvgIpc) is 2.18. The maximum absolute atomic E-state index is 9.70. The molecule has 0 unspecified atom stereocenters. The maximum atomic E-state index is 9.70. The van der Waals surface area contributed by atoms with E-state index >= 15 is 0 Å². The maximum Gasteiger partial charge on any atom is 0.303 e. The van der Waals surface area contributed by atoms with Crippen LogP contribution in [0, 0.1) is 0 Å². The Balaban J connectivity index is 0. The van der Waals surface area contributed by atoms with Gasteiger partial charge in [0.1, 0.15) is 0 Å². The summed E-state index contributed by atoms with van der Waals surface area (Å²) in [6.07, 6.45) is 0.770. The fourth-order valence-electron chi connectivity index (χ4n) is 0.924. The second kappa shape index (κ2) is 12.4. The first-order chi connectivity index (χ1) is 6.62. The lowest BCUT2D eigenvalue weighted by atomic mass is 10.3. The molecule has 0 aliphatic heterocycles. The van der Waals surface area contributed by atoms with Crippen LogP contribution in [0.25, 0.3) is 0 Å². The highest BCUT2D eigenvalue weighted by Gasteiger charge is 1.91. The van der Waals surface area contributed by atoms with Crippen molar-refractivity contribution in [1.82, 2.24) is 4.90 Å². The number of aliphatic carboxylic acids is 1. The second-order valence-corrected chi connectivity index (χ2v) is 2.91. The molecule has 0 fully saturated rings. The number of rotatable bonds is 6. The monoisotopic (exact) mass is 204 g/mol. The SMILES string of the molecule is CCN(CC)CC.NCCCC(=O)O. The van der Waals surface area contributed by atoms with Crippen molar-refractivity contribution in [1.29, 1.82) is 0 Å². The van der Waals surface area contributed by atoms with Gasteiger partial charge < -0.3 is 15.7 Å². The molecule has 0 saturated carbocycles. The summed E-state index contributed by atoms with van der Waals surface area (Å²) in [7, 11) is 0. The first-order valence-corrected chi connectivity index (χ1v) is 5.26. The van der Waals surface area contributed by atoms with Crippen LogP contribution in [0.2, 0.25) is 0 Å². The van der Waals surface area contributed by atoms with Crippen LogP contribution in [0.1, 0.15) is 33.6 Å². The van der Waals surface area contributed by atoms with Crippen LogP contribution >= 0.6 is 0 Å². The molecule has 3 N–H and O–H groups in total. The van der Waals surface area contributed by atoms with E-state index in [4.69, 9.17) is 10.8 Å². The Kier molecular flexibility index (Phi) is 14.0. The van der Waals surface area contributed by atoms with Gasteiger partial charge in [-0.25, -0.2) is 0 Å². The van der Waals surface area contributed by atoms with Crippen LogP contribution in [0.3, 0.4) is 0 Å². The standard InChI is InChI=1S/C6H15N.C4H9NO2/c1-4-7(5-2)6-3;5-3-1-2-4(6)7/h4-6H2,1-3H3;1-3,5H2,(H,6,7).